The number of para-hydroxylation sites is 1. The van der Waals surface area contributed by atoms with Gasteiger partial charge in [0, 0.05) is 0 Å². The fourth-order valence-corrected chi connectivity index (χ4v) is 3.35. The lowest BCUT2D eigenvalue weighted by Gasteiger charge is -2.13. The first kappa shape index (κ1) is 22.8. The monoisotopic (exact) mass is 425 g/mol. The summed E-state index contributed by atoms with van der Waals surface area (Å²) >= 11 is 0. The lowest BCUT2D eigenvalue weighted by molar-refractivity contribution is 0.0734. The lowest BCUT2D eigenvalue weighted by atomic mass is 10.00. The Balaban J connectivity index is 1.74. The van der Waals surface area contributed by atoms with Gasteiger partial charge in [0.05, 0.1) is 17.7 Å². The van der Waals surface area contributed by atoms with Crippen LogP contribution >= 0.6 is 0 Å². The molecule has 0 bridgehead atoms. The molecule has 3 rings (SSSR count). The molecule has 0 heterocycles. The average molecular weight is 426 g/mol. The van der Waals surface area contributed by atoms with E-state index in [1.54, 1.807) is 36.4 Å². The number of nitriles is 1. The zero-order chi connectivity index (χ0) is 22.8. The van der Waals surface area contributed by atoms with Gasteiger partial charge in [0.1, 0.15) is 17.6 Å². The van der Waals surface area contributed by atoms with Gasteiger partial charge in [-0.15, -0.1) is 6.58 Å². The van der Waals surface area contributed by atoms with Gasteiger partial charge in [-0.2, -0.15) is 5.26 Å². The molecular weight excluding hydrogens is 398 g/mol. The van der Waals surface area contributed by atoms with Gasteiger partial charge >= 0.3 is 5.97 Å². The van der Waals surface area contributed by atoms with Crippen LogP contribution in [0.1, 0.15) is 47.7 Å². The van der Waals surface area contributed by atoms with Crippen LogP contribution in [0.25, 0.3) is 11.1 Å². The van der Waals surface area contributed by atoms with E-state index in [0.29, 0.717) is 17.7 Å². The van der Waals surface area contributed by atoms with Crippen LogP contribution in [0.15, 0.2) is 79.4 Å². The number of ether oxygens (including phenoxy) is 2. The summed E-state index contributed by atoms with van der Waals surface area (Å²) in [7, 11) is 0. The van der Waals surface area contributed by atoms with Crippen LogP contribution in [-0.2, 0) is 6.42 Å². The molecule has 0 saturated carbocycles. The van der Waals surface area contributed by atoms with Crippen LogP contribution < -0.4 is 9.47 Å². The predicted octanol–water partition coefficient (Wildman–Crippen LogP) is 6.74. The highest BCUT2D eigenvalue weighted by atomic mass is 16.5. The van der Waals surface area contributed by atoms with Gasteiger partial charge in [0.2, 0.25) is 0 Å². The highest BCUT2D eigenvalue weighted by molar-refractivity contribution is 5.92. The first-order valence-electron chi connectivity index (χ1n) is 10.8. The smallest absolute Gasteiger partial charge is 0.343 e. The molecule has 0 amide bonds. The van der Waals surface area contributed by atoms with Crippen molar-refractivity contribution in [1.82, 2.24) is 0 Å². The predicted molar refractivity (Wildman–Crippen MR) is 127 cm³/mol. The zero-order valence-electron chi connectivity index (χ0n) is 18.3. The third-order valence-corrected chi connectivity index (χ3v) is 5.09. The van der Waals surface area contributed by atoms with Crippen LogP contribution in [0.2, 0.25) is 0 Å². The van der Waals surface area contributed by atoms with Gasteiger partial charge < -0.3 is 9.47 Å². The molecule has 3 aromatic carbocycles. The summed E-state index contributed by atoms with van der Waals surface area (Å²) in [6.45, 7) is 6.75. The minimum Gasteiger partial charge on any atom is -0.493 e. The van der Waals surface area contributed by atoms with Gasteiger partial charge in [-0.05, 0) is 65.9 Å². The van der Waals surface area contributed by atoms with Gasteiger partial charge in [0.25, 0.3) is 0 Å². The van der Waals surface area contributed by atoms with Gasteiger partial charge in [-0.1, -0.05) is 56.2 Å². The van der Waals surface area contributed by atoms with E-state index >= 15 is 0 Å². The Bertz CT molecular complexity index is 1110. The first-order chi connectivity index (χ1) is 15.7. The van der Waals surface area contributed by atoms with Crippen molar-refractivity contribution in [2.45, 2.75) is 32.6 Å². The molecule has 32 heavy (non-hydrogen) atoms. The van der Waals surface area contributed by atoms with Crippen LogP contribution in [0, 0.1) is 11.3 Å². The lowest BCUT2D eigenvalue weighted by Crippen LogP contribution is -2.09. The van der Waals surface area contributed by atoms with E-state index in [9.17, 15) is 4.79 Å². The molecule has 0 saturated heterocycles. The highest BCUT2D eigenvalue weighted by Crippen LogP contribution is 2.28. The molecule has 0 radical (unpaired) electrons. The SMILES string of the molecule is C=CCc1cc(-c2ccc(C(=O)Oc3ccccc3C#N)cc2)ccc1OCCCCC. The second-order valence-corrected chi connectivity index (χ2v) is 7.45. The molecule has 0 spiro atoms. The number of carbonyl (C=O) groups excluding carboxylic acids is 1. The average Bonchev–Trinajstić information content (AvgIpc) is 2.83. The number of hydrogen-bond donors (Lipinski definition) is 0. The molecule has 0 aliphatic carbocycles. The Hall–Kier alpha value is -3.84. The van der Waals surface area contributed by atoms with E-state index in [2.05, 4.69) is 19.6 Å². The molecule has 4 nitrogen and oxygen atoms in total. The summed E-state index contributed by atoms with van der Waals surface area (Å²) in [4.78, 5) is 12.5. The third kappa shape index (κ3) is 5.86. The van der Waals surface area contributed by atoms with Crippen molar-refractivity contribution in [2.24, 2.45) is 0 Å². The van der Waals surface area contributed by atoms with Gasteiger partial charge in [-0.25, -0.2) is 4.79 Å². The largest absolute Gasteiger partial charge is 0.493 e. The minimum atomic E-state index is -0.498. The maximum Gasteiger partial charge on any atom is 0.343 e. The molecule has 4 heteroatoms. The van der Waals surface area contributed by atoms with Crippen molar-refractivity contribution < 1.29 is 14.3 Å². The summed E-state index contributed by atoms with van der Waals surface area (Å²) in [6, 6.07) is 22.1. The molecule has 0 atom stereocenters. The van der Waals surface area contributed by atoms with Crippen molar-refractivity contribution in [3.05, 3.63) is 96.1 Å². The fourth-order valence-electron chi connectivity index (χ4n) is 3.35. The number of unbranched alkanes of at least 4 members (excludes halogenated alkanes) is 2. The Morgan fingerprint density at radius 2 is 1.75 bits per heavy atom. The molecule has 0 unspecified atom stereocenters. The quantitative estimate of drug-likeness (QED) is 0.156. The maximum absolute atomic E-state index is 12.5. The summed E-state index contributed by atoms with van der Waals surface area (Å²) in [5.41, 5.74) is 3.86. The number of rotatable bonds is 10. The van der Waals surface area contributed by atoms with Crippen molar-refractivity contribution in [1.29, 1.82) is 5.26 Å². The van der Waals surface area contributed by atoms with Crippen molar-refractivity contribution in [2.75, 3.05) is 6.61 Å². The third-order valence-electron chi connectivity index (χ3n) is 5.09. The highest BCUT2D eigenvalue weighted by Gasteiger charge is 2.12. The standard InChI is InChI=1S/C28H27NO3/c1-3-5-8-18-31-26-17-16-23(19-24(26)9-4-2)21-12-14-22(15-13-21)28(30)32-27-11-7-6-10-25(27)20-29/h4,6-7,10-17,19H,2-3,5,8-9,18H2,1H3. The Morgan fingerprint density at radius 3 is 2.47 bits per heavy atom. The Kier molecular flexibility index (Phi) is 8.22. The zero-order valence-corrected chi connectivity index (χ0v) is 18.3. The van der Waals surface area contributed by atoms with E-state index < -0.39 is 5.97 Å². The number of allylic oxidation sites excluding steroid dienone is 1. The number of benzene rings is 3. The van der Waals surface area contributed by atoms with E-state index in [1.807, 2.05) is 36.4 Å². The normalized spacial score (nSPS) is 10.2. The summed E-state index contributed by atoms with van der Waals surface area (Å²) < 4.78 is 11.4. The van der Waals surface area contributed by atoms with Crippen molar-refractivity contribution in [3.8, 4) is 28.7 Å². The molecule has 0 N–H and O–H groups in total. The number of hydrogen-bond acceptors (Lipinski definition) is 4. The topological polar surface area (TPSA) is 59.3 Å². The van der Waals surface area contributed by atoms with Gasteiger partial charge in [0.15, 0.2) is 0 Å². The molecule has 162 valence electrons. The Labute approximate surface area is 189 Å². The van der Waals surface area contributed by atoms with Crippen LogP contribution in [-0.4, -0.2) is 12.6 Å². The van der Waals surface area contributed by atoms with E-state index in [1.165, 1.54) is 0 Å². The van der Waals surface area contributed by atoms with Crippen LogP contribution in [0.3, 0.4) is 0 Å². The summed E-state index contributed by atoms with van der Waals surface area (Å²) in [5, 5.41) is 9.16. The molecule has 0 aliphatic rings. The molecular formula is C28H27NO3. The second-order valence-electron chi connectivity index (χ2n) is 7.45. The van der Waals surface area contributed by atoms with E-state index in [4.69, 9.17) is 14.7 Å². The van der Waals surface area contributed by atoms with Gasteiger partial charge in [-0.3, -0.25) is 0 Å². The first-order valence-corrected chi connectivity index (χ1v) is 10.8. The minimum absolute atomic E-state index is 0.257. The Morgan fingerprint density at radius 1 is 1.00 bits per heavy atom. The van der Waals surface area contributed by atoms with Crippen molar-refractivity contribution in [3.63, 3.8) is 0 Å². The van der Waals surface area contributed by atoms with Crippen LogP contribution in [0.4, 0.5) is 0 Å². The number of esters is 1. The summed E-state index contributed by atoms with van der Waals surface area (Å²) in [5.74, 6) is 0.649. The second kappa shape index (κ2) is 11.5. The molecule has 3 aromatic rings. The van der Waals surface area contributed by atoms with E-state index in [0.717, 1.165) is 48.1 Å². The molecule has 0 aliphatic heterocycles. The number of carbonyl (C=O) groups is 1. The fraction of sp³-hybridized carbons (Fsp3) is 0.214. The molecule has 0 fully saturated rings. The van der Waals surface area contributed by atoms with E-state index in [-0.39, 0.29) is 5.75 Å². The van der Waals surface area contributed by atoms with Crippen molar-refractivity contribution >= 4 is 5.97 Å². The summed E-state index contributed by atoms with van der Waals surface area (Å²) in [6.07, 6.45) is 5.96. The van der Waals surface area contributed by atoms with Crippen LogP contribution in [0.5, 0.6) is 11.5 Å². The maximum atomic E-state index is 12.5. The number of nitrogens with zero attached hydrogens (tertiary/aromatic N) is 1. The molecule has 0 aromatic heterocycles.